The van der Waals surface area contributed by atoms with Gasteiger partial charge < -0.3 is 34.6 Å². The molecule has 8 nitrogen and oxygen atoms in total. The summed E-state index contributed by atoms with van der Waals surface area (Å²) in [5, 5.41) is 43.0. The first kappa shape index (κ1) is 26.2. The fraction of sp³-hybridized carbons (Fsp3) is 0.897. The molecule has 0 aromatic rings. The second kappa shape index (κ2) is 9.00. The number of hydrogen-bond donors (Lipinski definition) is 4. The van der Waals surface area contributed by atoms with Crippen molar-refractivity contribution in [3.8, 4) is 0 Å². The van der Waals surface area contributed by atoms with E-state index in [1.807, 2.05) is 0 Å². The van der Waals surface area contributed by atoms with E-state index in [-0.39, 0.29) is 34.7 Å². The van der Waals surface area contributed by atoms with Crippen LogP contribution in [-0.2, 0) is 19.0 Å². The molecule has 5 unspecified atom stereocenters. The van der Waals surface area contributed by atoms with Crippen molar-refractivity contribution in [2.45, 2.75) is 121 Å². The van der Waals surface area contributed by atoms with Gasteiger partial charge in [-0.15, -0.1) is 0 Å². The third kappa shape index (κ3) is 3.80. The minimum Gasteiger partial charge on any atom is -0.458 e. The number of fused-ring (bicyclic) bond motifs is 5. The predicted octanol–water partition coefficient (Wildman–Crippen LogP) is 2.46. The molecule has 208 valence electrons. The summed E-state index contributed by atoms with van der Waals surface area (Å²) >= 11 is 0. The zero-order valence-electron chi connectivity index (χ0n) is 22.3. The molecular formula is C29H44O8. The number of cyclic esters (lactones) is 1. The third-order valence-electron chi connectivity index (χ3n) is 12.1. The van der Waals surface area contributed by atoms with Crippen LogP contribution in [0.2, 0.25) is 0 Å². The zero-order valence-corrected chi connectivity index (χ0v) is 22.3. The molecule has 8 heteroatoms. The largest absolute Gasteiger partial charge is 0.458 e. The number of ether oxygens (including phenoxy) is 3. The van der Waals surface area contributed by atoms with Crippen LogP contribution in [-0.4, -0.2) is 75.4 Å². The van der Waals surface area contributed by atoms with Crippen LogP contribution in [0.1, 0.15) is 78.6 Å². The van der Waals surface area contributed by atoms with E-state index in [1.54, 1.807) is 13.0 Å². The maximum atomic E-state index is 12.4. The Morgan fingerprint density at radius 2 is 1.73 bits per heavy atom. The molecule has 4 saturated carbocycles. The van der Waals surface area contributed by atoms with E-state index >= 15 is 0 Å². The van der Waals surface area contributed by atoms with Crippen LogP contribution in [0.25, 0.3) is 0 Å². The van der Waals surface area contributed by atoms with Gasteiger partial charge in [0.05, 0.1) is 17.8 Å². The Morgan fingerprint density at radius 1 is 0.946 bits per heavy atom. The lowest BCUT2D eigenvalue weighted by molar-refractivity contribution is -0.310. The first-order valence-electron chi connectivity index (χ1n) is 14.4. The average Bonchev–Trinajstić information content (AvgIpc) is 3.41. The van der Waals surface area contributed by atoms with Gasteiger partial charge in [-0.05, 0) is 99.4 Å². The summed E-state index contributed by atoms with van der Waals surface area (Å²) in [6, 6.07) is 0. The molecule has 6 aliphatic rings. The predicted molar refractivity (Wildman–Crippen MR) is 133 cm³/mol. The molecule has 1 saturated heterocycles. The number of hydrogen-bond acceptors (Lipinski definition) is 8. The van der Waals surface area contributed by atoms with E-state index in [2.05, 4.69) is 13.8 Å². The maximum absolute atomic E-state index is 12.4. The smallest absolute Gasteiger partial charge is 0.331 e. The highest BCUT2D eigenvalue weighted by molar-refractivity contribution is 5.85. The van der Waals surface area contributed by atoms with Crippen LogP contribution in [0.15, 0.2) is 11.6 Å². The quantitative estimate of drug-likeness (QED) is 0.330. The number of carbonyl (C=O) groups excluding carboxylic acids is 1. The van der Waals surface area contributed by atoms with Crippen molar-refractivity contribution >= 4 is 5.97 Å². The van der Waals surface area contributed by atoms with Gasteiger partial charge in [0, 0.05) is 11.5 Å². The molecule has 0 amide bonds. The second-order valence-electron chi connectivity index (χ2n) is 13.5. The van der Waals surface area contributed by atoms with Gasteiger partial charge in [-0.25, -0.2) is 4.79 Å². The van der Waals surface area contributed by atoms with E-state index in [0.29, 0.717) is 18.4 Å². The molecule has 0 bridgehead atoms. The molecule has 4 aliphatic carbocycles. The molecular weight excluding hydrogens is 476 g/mol. The summed E-state index contributed by atoms with van der Waals surface area (Å²) in [6.45, 7) is 6.73. The number of rotatable bonds is 3. The van der Waals surface area contributed by atoms with Crippen molar-refractivity contribution in [2.75, 3.05) is 6.61 Å². The molecule has 5 fully saturated rings. The Kier molecular flexibility index (Phi) is 6.37. The fourth-order valence-electron chi connectivity index (χ4n) is 9.81. The summed E-state index contributed by atoms with van der Waals surface area (Å²) in [5.74, 6) is 1.14. The van der Waals surface area contributed by atoms with Crippen LogP contribution < -0.4 is 0 Å². The normalized spacial score (nSPS) is 55.6. The molecule has 2 aliphatic heterocycles. The van der Waals surface area contributed by atoms with Gasteiger partial charge in [0.15, 0.2) is 6.29 Å². The number of aliphatic hydroxyl groups is 4. The van der Waals surface area contributed by atoms with Crippen molar-refractivity contribution in [1.82, 2.24) is 0 Å². The van der Waals surface area contributed by atoms with Crippen LogP contribution in [0, 0.1) is 34.5 Å². The van der Waals surface area contributed by atoms with Gasteiger partial charge in [-0.1, -0.05) is 13.8 Å². The standard InChI is InChI=1S/C29H44O8/c1-15-23(31)24(32)25(33)26(36-15)37-18-6-9-27(2)17(13-18)4-5-21-20(27)7-10-28(3)19(8-11-29(21,28)34)16-12-22(30)35-14-16/h12,15,17-21,23-26,31-34H,4-11,13-14H2,1-3H3/t15?,17-,18+,19-,20?,21?,23-,24?,25?,26-,27+,28-,29+/m1/s1. The van der Waals surface area contributed by atoms with Crippen LogP contribution in [0.3, 0.4) is 0 Å². The summed E-state index contributed by atoms with van der Waals surface area (Å²) in [7, 11) is 0. The highest BCUT2D eigenvalue weighted by Gasteiger charge is 2.67. The summed E-state index contributed by atoms with van der Waals surface area (Å²) in [6.07, 6.45) is 4.88. The zero-order chi connectivity index (χ0) is 26.3. The SMILES string of the molecule is CC1O[C@H](O[C@H]2CC[C@]3(C)C4CC[C@]5(C)[C@@H](C6=CC(=O)OC6)CC[C@]5(O)C4CC[C@@H]3C2)C(O)C(O)[C@@H]1O. The Balaban J connectivity index is 1.16. The van der Waals surface area contributed by atoms with E-state index in [9.17, 15) is 25.2 Å². The van der Waals surface area contributed by atoms with E-state index in [4.69, 9.17) is 14.2 Å². The molecule has 4 N–H and O–H groups in total. The lowest BCUT2D eigenvalue weighted by Crippen LogP contribution is -2.62. The molecule has 0 radical (unpaired) electrons. The lowest BCUT2D eigenvalue weighted by Gasteiger charge is -2.64. The Hall–Kier alpha value is -1.03. The van der Waals surface area contributed by atoms with Gasteiger partial charge in [-0.2, -0.15) is 0 Å². The molecule has 0 spiro atoms. The molecule has 13 atom stereocenters. The molecule has 6 rings (SSSR count). The second-order valence-corrected chi connectivity index (χ2v) is 13.5. The van der Waals surface area contributed by atoms with E-state index in [0.717, 1.165) is 63.4 Å². The van der Waals surface area contributed by atoms with Crippen molar-refractivity contribution in [3.05, 3.63) is 11.6 Å². The highest BCUT2D eigenvalue weighted by Crippen LogP contribution is 2.70. The first-order chi connectivity index (χ1) is 17.5. The third-order valence-corrected chi connectivity index (χ3v) is 12.1. The van der Waals surface area contributed by atoms with Crippen molar-refractivity contribution in [1.29, 1.82) is 0 Å². The Morgan fingerprint density at radius 3 is 2.46 bits per heavy atom. The van der Waals surface area contributed by atoms with Crippen LogP contribution in [0.5, 0.6) is 0 Å². The fourth-order valence-corrected chi connectivity index (χ4v) is 9.81. The maximum Gasteiger partial charge on any atom is 0.331 e. The molecule has 0 aromatic carbocycles. The Labute approximate surface area is 219 Å². The van der Waals surface area contributed by atoms with E-state index < -0.39 is 36.3 Å². The summed E-state index contributed by atoms with van der Waals surface area (Å²) in [4.78, 5) is 11.8. The summed E-state index contributed by atoms with van der Waals surface area (Å²) in [5.41, 5.74) is 0.243. The van der Waals surface area contributed by atoms with Gasteiger partial charge in [0.25, 0.3) is 0 Å². The monoisotopic (exact) mass is 520 g/mol. The van der Waals surface area contributed by atoms with Crippen LogP contribution >= 0.6 is 0 Å². The van der Waals surface area contributed by atoms with E-state index in [1.165, 1.54) is 0 Å². The topological polar surface area (TPSA) is 126 Å². The number of aliphatic hydroxyl groups excluding tert-OH is 3. The molecule has 37 heavy (non-hydrogen) atoms. The number of esters is 1. The first-order valence-corrected chi connectivity index (χ1v) is 14.4. The van der Waals surface area contributed by atoms with Gasteiger partial charge in [0.2, 0.25) is 0 Å². The van der Waals surface area contributed by atoms with Gasteiger partial charge in [-0.3, -0.25) is 0 Å². The summed E-state index contributed by atoms with van der Waals surface area (Å²) < 4.78 is 17.2. The number of carbonyl (C=O) groups is 1. The Bertz CT molecular complexity index is 952. The lowest BCUT2D eigenvalue weighted by atomic mass is 9.43. The molecule has 0 aromatic heterocycles. The average molecular weight is 521 g/mol. The molecule has 2 heterocycles. The van der Waals surface area contributed by atoms with Crippen molar-refractivity contribution in [2.24, 2.45) is 34.5 Å². The van der Waals surface area contributed by atoms with Crippen molar-refractivity contribution < 1.29 is 39.4 Å². The van der Waals surface area contributed by atoms with Crippen LogP contribution in [0.4, 0.5) is 0 Å². The minimum absolute atomic E-state index is 0.0661. The van der Waals surface area contributed by atoms with Gasteiger partial charge in [0.1, 0.15) is 24.9 Å². The highest BCUT2D eigenvalue weighted by atomic mass is 16.7. The van der Waals surface area contributed by atoms with Gasteiger partial charge >= 0.3 is 5.97 Å². The van der Waals surface area contributed by atoms with Crippen molar-refractivity contribution in [3.63, 3.8) is 0 Å². The minimum atomic E-state index is -1.28.